The molecular weight excluding hydrogens is 458 g/mol. The first-order valence-corrected chi connectivity index (χ1v) is 11.7. The molecule has 0 radical (unpaired) electrons. The molecule has 0 unspecified atom stereocenters. The van der Waals surface area contributed by atoms with Crippen molar-refractivity contribution in [3.8, 4) is 5.13 Å². The smallest absolute Gasteiger partial charge is 0.320 e. The van der Waals surface area contributed by atoms with Crippen molar-refractivity contribution in [2.24, 2.45) is 0 Å². The molecule has 3 aromatic heterocycles. The van der Waals surface area contributed by atoms with Crippen LogP contribution in [0.3, 0.4) is 0 Å². The zero-order chi connectivity index (χ0) is 24.5. The number of hydrogen-bond donors (Lipinski definition) is 1. The minimum Gasteiger partial charge on any atom is -0.459 e. The molecule has 0 bridgehead atoms. The maximum atomic E-state index is 12.7. The zero-order valence-corrected chi connectivity index (χ0v) is 20.3. The van der Waals surface area contributed by atoms with Crippen LogP contribution in [0, 0.1) is 0 Å². The Hall–Kier alpha value is -3.15. The number of aldehydes is 1. The summed E-state index contributed by atoms with van der Waals surface area (Å²) in [5.41, 5.74) is -0.455. The number of nitrogens with one attached hydrogen (secondary N) is 1. The number of methoxy groups -OCH3 is 1. The van der Waals surface area contributed by atoms with Crippen molar-refractivity contribution in [1.29, 1.82) is 0 Å². The molecule has 1 aliphatic rings. The Balaban J connectivity index is 1.61. The molecule has 4 rings (SSSR count). The van der Waals surface area contributed by atoms with Gasteiger partial charge in [-0.05, 0) is 32.9 Å². The summed E-state index contributed by atoms with van der Waals surface area (Å²) in [7, 11) is 1.63. The molecule has 4 heterocycles. The number of aromatic nitrogens is 3. The van der Waals surface area contributed by atoms with Crippen LogP contribution in [0.25, 0.3) is 16.2 Å². The predicted octanol–water partition coefficient (Wildman–Crippen LogP) is 1.79. The van der Waals surface area contributed by atoms with E-state index in [4.69, 9.17) is 14.5 Å². The monoisotopic (exact) mass is 485 g/mol. The molecule has 1 fully saturated rings. The molecule has 3 aromatic rings. The van der Waals surface area contributed by atoms with Gasteiger partial charge in [-0.1, -0.05) is 0 Å². The first-order valence-electron chi connectivity index (χ1n) is 10.8. The summed E-state index contributed by atoms with van der Waals surface area (Å²) in [5.74, 6) is 0.322. The minimum atomic E-state index is -0.549. The van der Waals surface area contributed by atoms with E-state index in [9.17, 15) is 14.4 Å². The van der Waals surface area contributed by atoms with Crippen molar-refractivity contribution >= 4 is 40.4 Å². The highest BCUT2D eigenvalue weighted by atomic mass is 32.1. The number of ether oxygens (including phenoxy) is 2. The zero-order valence-electron chi connectivity index (χ0n) is 19.5. The summed E-state index contributed by atoms with van der Waals surface area (Å²) in [4.78, 5) is 47.4. The Morgan fingerprint density at radius 3 is 2.76 bits per heavy atom. The van der Waals surface area contributed by atoms with Crippen LogP contribution in [-0.4, -0.2) is 71.3 Å². The quantitative estimate of drug-likeness (QED) is 0.395. The lowest BCUT2D eigenvalue weighted by atomic mass is 10.2. The fourth-order valence-electron chi connectivity index (χ4n) is 3.94. The van der Waals surface area contributed by atoms with Crippen LogP contribution < -0.4 is 15.6 Å². The van der Waals surface area contributed by atoms with Gasteiger partial charge in [0.2, 0.25) is 5.43 Å². The van der Waals surface area contributed by atoms with E-state index in [1.807, 2.05) is 31.1 Å². The number of carbonyl (C=O) groups excluding carboxylic acids is 2. The van der Waals surface area contributed by atoms with Gasteiger partial charge in [-0.2, -0.15) is 0 Å². The third-order valence-corrected chi connectivity index (χ3v) is 6.21. The van der Waals surface area contributed by atoms with E-state index < -0.39 is 5.60 Å². The van der Waals surface area contributed by atoms with E-state index in [2.05, 4.69) is 10.3 Å². The normalized spacial score (nSPS) is 18.4. The Kier molecular flexibility index (Phi) is 6.78. The van der Waals surface area contributed by atoms with E-state index in [1.54, 1.807) is 30.0 Å². The maximum absolute atomic E-state index is 12.7. The van der Waals surface area contributed by atoms with Crippen LogP contribution in [-0.2, 0) is 14.3 Å². The lowest BCUT2D eigenvalue weighted by Gasteiger charge is -2.22. The van der Waals surface area contributed by atoms with E-state index >= 15 is 0 Å². The molecule has 0 saturated carbocycles. The Morgan fingerprint density at radius 2 is 2.12 bits per heavy atom. The molecule has 34 heavy (non-hydrogen) atoms. The van der Waals surface area contributed by atoms with Crippen LogP contribution in [0.2, 0.25) is 0 Å². The molecular formula is C23H27N5O5S. The second kappa shape index (κ2) is 9.61. The lowest BCUT2D eigenvalue weighted by molar-refractivity contribution is -0.153. The average molecular weight is 486 g/mol. The Labute approximate surface area is 200 Å². The fraction of sp³-hybridized carbons (Fsp3) is 0.435. The van der Waals surface area contributed by atoms with Gasteiger partial charge in [0.25, 0.3) is 0 Å². The summed E-state index contributed by atoms with van der Waals surface area (Å²) in [6.45, 7) is 6.65. The molecule has 0 amide bonds. The van der Waals surface area contributed by atoms with E-state index in [1.165, 1.54) is 17.5 Å². The van der Waals surface area contributed by atoms with Crippen molar-refractivity contribution in [1.82, 2.24) is 19.9 Å². The Morgan fingerprint density at radius 1 is 1.32 bits per heavy atom. The molecule has 2 atom stereocenters. The van der Waals surface area contributed by atoms with Crippen molar-refractivity contribution in [3.05, 3.63) is 45.7 Å². The van der Waals surface area contributed by atoms with E-state index in [0.717, 1.165) is 0 Å². The highest BCUT2D eigenvalue weighted by Crippen LogP contribution is 2.24. The third kappa shape index (κ3) is 5.01. The number of pyridine rings is 2. The summed E-state index contributed by atoms with van der Waals surface area (Å²) >= 11 is 1.38. The van der Waals surface area contributed by atoms with Crippen LogP contribution in [0.15, 0.2) is 34.7 Å². The van der Waals surface area contributed by atoms with E-state index in [0.29, 0.717) is 41.4 Å². The van der Waals surface area contributed by atoms with Crippen LogP contribution in [0.4, 0.5) is 5.82 Å². The molecule has 10 nitrogen and oxygen atoms in total. The number of hydrogen-bond acceptors (Lipinski definition) is 10. The van der Waals surface area contributed by atoms with Gasteiger partial charge in [0, 0.05) is 38.0 Å². The van der Waals surface area contributed by atoms with Gasteiger partial charge in [0.05, 0.1) is 29.6 Å². The number of rotatable bonds is 7. The summed E-state index contributed by atoms with van der Waals surface area (Å²) in [6.07, 6.45) is 3.50. The van der Waals surface area contributed by atoms with E-state index in [-0.39, 0.29) is 35.7 Å². The number of anilines is 1. The van der Waals surface area contributed by atoms with Crippen molar-refractivity contribution in [2.45, 2.75) is 38.5 Å². The second-order valence-electron chi connectivity index (χ2n) is 9.01. The molecule has 0 aromatic carbocycles. The molecule has 0 aliphatic carbocycles. The van der Waals surface area contributed by atoms with Gasteiger partial charge < -0.3 is 14.4 Å². The second-order valence-corrected chi connectivity index (χ2v) is 9.88. The van der Waals surface area contributed by atoms with Crippen LogP contribution in [0.5, 0.6) is 0 Å². The Bertz CT molecular complexity index is 1250. The summed E-state index contributed by atoms with van der Waals surface area (Å²) in [6, 6.07) is 3.32. The number of fused-ring (bicyclic) bond motifs is 1. The number of nitrogens with zero attached hydrogens (tertiary/aromatic N) is 4. The third-order valence-electron chi connectivity index (χ3n) is 5.44. The van der Waals surface area contributed by atoms with Gasteiger partial charge >= 0.3 is 5.97 Å². The maximum Gasteiger partial charge on any atom is 0.320 e. The highest BCUT2D eigenvalue weighted by Gasteiger charge is 2.34. The molecule has 1 saturated heterocycles. The average Bonchev–Trinajstić information content (AvgIpc) is 3.47. The molecule has 0 spiro atoms. The van der Waals surface area contributed by atoms with Gasteiger partial charge in [-0.3, -0.25) is 24.3 Å². The minimum absolute atomic E-state index is 0.0456. The molecule has 1 N–H and O–H groups in total. The molecule has 1 aliphatic heterocycles. The fourth-order valence-corrected chi connectivity index (χ4v) is 4.56. The molecule has 180 valence electrons. The first kappa shape index (κ1) is 24.0. The van der Waals surface area contributed by atoms with Gasteiger partial charge in [0.15, 0.2) is 17.1 Å². The van der Waals surface area contributed by atoms with Crippen LogP contribution in [0.1, 0.15) is 31.1 Å². The predicted molar refractivity (Wildman–Crippen MR) is 129 cm³/mol. The standard InChI is InChI=1S/C23H27N5O5S/c1-23(2,3)33-19(30)9-25-16-11-27(12-17(16)32-4)18-6-5-15-20(31)14(13-29)10-28(21(15)26-18)22-24-7-8-34-22/h5-8,10,13,16-17,25H,9,11-12H2,1-4H3/t16-,17-/m0/s1. The van der Waals surface area contributed by atoms with Crippen LogP contribution >= 0.6 is 11.3 Å². The largest absolute Gasteiger partial charge is 0.459 e. The first-order chi connectivity index (χ1) is 16.2. The lowest BCUT2D eigenvalue weighted by Crippen LogP contribution is -2.44. The number of carbonyl (C=O) groups is 2. The topological polar surface area (TPSA) is 116 Å². The summed E-state index contributed by atoms with van der Waals surface area (Å²) < 4.78 is 12.7. The van der Waals surface area contributed by atoms with Crippen molar-refractivity contribution in [2.75, 3.05) is 31.6 Å². The van der Waals surface area contributed by atoms with Gasteiger partial charge in [-0.15, -0.1) is 11.3 Å². The van der Waals surface area contributed by atoms with Crippen molar-refractivity contribution < 1.29 is 19.1 Å². The number of esters is 1. The highest BCUT2D eigenvalue weighted by molar-refractivity contribution is 7.12. The van der Waals surface area contributed by atoms with Gasteiger partial charge in [0.1, 0.15) is 11.4 Å². The SMILES string of the molecule is CO[C@H]1CN(c2ccc3c(=O)c(C=O)cn(-c4nccs4)c3n2)C[C@@H]1NCC(=O)OC(C)(C)C. The molecule has 11 heteroatoms. The number of thiazole rings is 1. The van der Waals surface area contributed by atoms with Gasteiger partial charge in [-0.25, -0.2) is 9.97 Å². The van der Waals surface area contributed by atoms with Crippen molar-refractivity contribution in [3.63, 3.8) is 0 Å². The summed E-state index contributed by atoms with van der Waals surface area (Å²) in [5, 5.41) is 5.98.